The number of likely N-dealkylation sites (tertiary alicyclic amines) is 1. The summed E-state index contributed by atoms with van der Waals surface area (Å²) in [5.74, 6) is 0.119. The zero-order chi connectivity index (χ0) is 13.4. The fourth-order valence-electron chi connectivity index (χ4n) is 1.99. The SMILES string of the molecule is COCCNCC(=O)NC1CCN(C(C)=O)CC1. The number of rotatable bonds is 6. The zero-order valence-electron chi connectivity index (χ0n) is 11.2. The van der Waals surface area contributed by atoms with Gasteiger partial charge in [0.05, 0.1) is 13.2 Å². The van der Waals surface area contributed by atoms with E-state index in [0.717, 1.165) is 25.9 Å². The number of hydrogen-bond donors (Lipinski definition) is 2. The van der Waals surface area contributed by atoms with Gasteiger partial charge in [-0.25, -0.2) is 0 Å². The van der Waals surface area contributed by atoms with Crippen molar-refractivity contribution in [2.75, 3.05) is 39.9 Å². The first-order valence-electron chi connectivity index (χ1n) is 6.38. The van der Waals surface area contributed by atoms with E-state index in [4.69, 9.17) is 4.74 Å². The molecule has 0 bridgehead atoms. The van der Waals surface area contributed by atoms with E-state index in [-0.39, 0.29) is 17.9 Å². The van der Waals surface area contributed by atoms with Crippen LogP contribution in [0.4, 0.5) is 0 Å². The molecule has 6 heteroatoms. The van der Waals surface area contributed by atoms with Gasteiger partial charge in [-0.05, 0) is 12.8 Å². The highest BCUT2D eigenvalue weighted by atomic mass is 16.5. The second-order valence-electron chi connectivity index (χ2n) is 4.52. The maximum atomic E-state index is 11.6. The van der Waals surface area contributed by atoms with Gasteiger partial charge in [-0.3, -0.25) is 9.59 Å². The van der Waals surface area contributed by atoms with Crippen LogP contribution in [0.2, 0.25) is 0 Å². The third-order valence-electron chi connectivity index (χ3n) is 3.07. The summed E-state index contributed by atoms with van der Waals surface area (Å²) >= 11 is 0. The molecule has 0 saturated carbocycles. The number of carbonyl (C=O) groups is 2. The smallest absolute Gasteiger partial charge is 0.234 e. The van der Waals surface area contributed by atoms with E-state index in [2.05, 4.69) is 10.6 Å². The van der Waals surface area contributed by atoms with Gasteiger partial charge in [0.1, 0.15) is 0 Å². The van der Waals surface area contributed by atoms with Crippen LogP contribution in [0.1, 0.15) is 19.8 Å². The molecule has 0 spiro atoms. The predicted octanol–water partition coefficient (Wildman–Crippen LogP) is -0.650. The Morgan fingerprint density at radius 1 is 1.33 bits per heavy atom. The van der Waals surface area contributed by atoms with Gasteiger partial charge < -0.3 is 20.3 Å². The second kappa shape index (κ2) is 8.05. The van der Waals surface area contributed by atoms with Gasteiger partial charge in [0.2, 0.25) is 11.8 Å². The highest BCUT2D eigenvalue weighted by Crippen LogP contribution is 2.09. The van der Waals surface area contributed by atoms with Crippen molar-refractivity contribution in [1.82, 2.24) is 15.5 Å². The fourth-order valence-corrected chi connectivity index (χ4v) is 1.99. The topological polar surface area (TPSA) is 70.7 Å². The first-order valence-corrected chi connectivity index (χ1v) is 6.38. The number of nitrogens with zero attached hydrogens (tertiary/aromatic N) is 1. The van der Waals surface area contributed by atoms with Crippen LogP contribution in [0.5, 0.6) is 0 Å². The first-order chi connectivity index (χ1) is 8.63. The Morgan fingerprint density at radius 3 is 2.56 bits per heavy atom. The third kappa shape index (κ3) is 5.46. The van der Waals surface area contributed by atoms with Crippen LogP contribution in [0, 0.1) is 0 Å². The number of piperidine rings is 1. The molecule has 104 valence electrons. The van der Waals surface area contributed by atoms with E-state index in [9.17, 15) is 9.59 Å². The van der Waals surface area contributed by atoms with E-state index in [0.29, 0.717) is 19.7 Å². The van der Waals surface area contributed by atoms with Gasteiger partial charge in [0, 0.05) is 39.7 Å². The van der Waals surface area contributed by atoms with E-state index >= 15 is 0 Å². The van der Waals surface area contributed by atoms with Crippen LogP contribution in [-0.4, -0.2) is 62.7 Å². The Hall–Kier alpha value is -1.14. The van der Waals surface area contributed by atoms with Crippen molar-refractivity contribution in [1.29, 1.82) is 0 Å². The van der Waals surface area contributed by atoms with Crippen LogP contribution in [0.25, 0.3) is 0 Å². The predicted molar refractivity (Wildman–Crippen MR) is 68.2 cm³/mol. The van der Waals surface area contributed by atoms with Crippen molar-refractivity contribution in [3.63, 3.8) is 0 Å². The molecule has 0 aromatic carbocycles. The quantitative estimate of drug-likeness (QED) is 0.620. The molecule has 18 heavy (non-hydrogen) atoms. The van der Waals surface area contributed by atoms with Crippen molar-refractivity contribution in [2.45, 2.75) is 25.8 Å². The molecular weight excluding hydrogens is 234 g/mol. The maximum Gasteiger partial charge on any atom is 0.234 e. The standard InChI is InChI=1S/C12H23N3O3/c1-10(16)15-6-3-11(4-7-15)14-12(17)9-13-5-8-18-2/h11,13H,3-9H2,1-2H3,(H,14,17). The molecule has 0 radical (unpaired) electrons. The second-order valence-corrected chi connectivity index (χ2v) is 4.52. The molecule has 1 rings (SSSR count). The summed E-state index contributed by atoms with van der Waals surface area (Å²) in [7, 11) is 1.63. The minimum Gasteiger partial charge on any atom is -0.383 e. The first kappa shape index (κ1) is 14.9. The van der Waals surface area contributed by atoms with Gasteiger partial charge in [0.25, 0.3) is 0 Å². The van der Waals surface area contributed by atoms with E-state index < -0.39 is 0 Å². The minimum absolute atomic E-state index is 0.00683. The Morgan fingerprint density at radius 2 is 2.00 bits per heavy atom. The molecule has 0 atom stereocenters. The Bertz CT molecular complexity index is 276. The number of nitrogens with one attached hydrogen (secondary N) is 2. The van der Waals surface area contributed by atoms with Crippen LogP contribution in [-0.2, 0) is 14.3 Å². The molecule has 0 aromatic heterocycles. The van der Waals surface area contributed by atoms with Crippen molar-refractivity contribution < 1.29 is 14.3 Å². The number of methoxy groups -OCH3 is 1. The van der Waals surface area contributed by atoms with E-state index in [1.807, 2.05) is 4.90 Å². The fraction of sp³-hybridized carbons (Fsp3) is 0.833. The highest BCUT2D eigenvalue weighted by Gasteiger charge is 2.21. The minimum atomic E-state index is 0.00683. The molecule has 1 aliphatic rings. The Kier molecular flexibility index (Phi) is 6.67. The molecule has 1 aliphatic heterocycles. The number of ether oxygens (including phenoxy) is 1. The lowest BCUT2D eigenvalue weighted by molar-refractivity contribution is -0.130. The maximum absolute atomic E-state index is 11.6. The molecule has 0 aliphatic carbocycles. The monoisotopic (exact) mass is 257 g/mol. The summed E-state index contributed by atoms with van der Waals surface area (Å²) in [6.07, 6.45) is 1.67. The van der Waals surface area contributed by atoms with E-state index in [1.54, 1.807) is 14.0 Å². The molecule has 2 amide bonds. The summed E-state index contributed by atoms with van der Waals surface area (Å²) in [4.78, 5) is 24.6. The molecule has 0 aromatic rings. The van der Waals surface area contributed by atoms with E-state index in [1.165, 1.54) is 0 Å². The van der Waals surface area contributed by atoms with Crippen molar-refractivity contribution in [3.8, 4) is 0 Å². The molecule has 1 fully saturated rings. The van der Waals surface area contributed by atoms with Gasteiger partial charge in [-0.15, -0.1) is 0 Å². The van der Waals surface area contributed by atoms with Crippen LogP contribution in [0.3, 0.4) is 0 Å². The number of hydrogen-bond acceptors (Lipinski definition) is 4. The molecule has 6 nitrogen and oxygen atoms in total. The number of amides is 2. The lowest BCUT2D eigenvalue weighted by atomic mass is 10.1. The van der Waals surface area contributed by atoms with Gasteiger partial charge in [0.15, 0.2) is 0 Å². The zero-order valence-corrected chi connectivity index (χ0v) is 11.2. The third-order valence-corrected chi connectivity index (χ3v) is 3.07. The average molecular weight is 257 g/mol. The molecule has 0 unspecified atom stereocenters. The van der Waals surface area contributed by atoms with Crippen LogP contribution < -0.4 is 10.6 Å². The largest absolute Gasteiger partial charge is 0.383 e. The summed E-state index contributed by atoms with van der Waals surface area (Å²) in [5.41, 5.74) is 0. The normalized spacial score (nSPS) is 16.7. The van der Waals surface area contributed by atoms with Gasteiger partial charge in [-0.1, -0.05) is 0 Å². The van der Waals surface area contributed by atoms with Gasteiger partial charge >= 0.3 is 0 Å². The Balaban J connectivity index is 2.12. The molecule has 1 saturated heterocycles. The number of carbonyl (C=O) groups excluding carboxylic acids is 2. The summed E-state index contributed by atoms with van der Waals surface area (Å²) < 4.78 is 4.88. The lowest BCUT2D eigenvalue weighted by Gasteiger charge is -2.31. The van der Waals surface area contributed by atoms with Crippen LogP contribution in [0.15, 0.2) is 0 Å². The Labute approximate surface area is 108 Å². The highest BCUT2D eigenvalue weighted by molar-refractivity contribution is 5.78. The van der Waals surface area contributed by atoms with Crippen molar-refractivity contribution in [2.24, 2.45) is 0 Å². The molecule has 2 N–H and O–H groups in total. The summed E-state index contributed by atoms with van der Waals surface area (Å²) in [5, 5.41) is 5.98. The average Bonchev–Trinajstić information content (AvgIpc) is 2.35. The van der Waals surface area contributed by atoms with Crippen molar-refractivity contribution >= 4 is 11.8 Å². The van der Waals surface area contributed by atoms with Gasteiger partial charge in [-0.2, -0.15) is 0 Å². The summed E-state index contributed by atoms with van der Waals surface area (Å²) in [6.45, 7) is 4.64. The summed E-state index contributed by atoms with van der Waals surface area (Å²) in [6, 6.07) is 0.192. The van der Waals surface area contributed by atoms with Crippen molar-refractivity contribution in [3.05, 3.63) is 0 Å². The molecular formula is C12H23N3O3. The lowest BCUT2D eigenvalue weighted by Crippen LogP contribution is -2.48. The molecule has 1 heterocycles. The van der Waals surface area contributed by atoms with Crippen LogP contribution >= 0.6 is 0 Å².